The Morgan fingerprint density at radius 2 is 2.47 bits per heavy atom. The van der Waals surface area contributed by atoms with Gasteiger partial charge in [-0.2, -0.15) is 5.10 Å². The van der Waals surface area contributed by atoms with Crippen molar-refractivity contribution in [1.29, 1.82) is 0 Å². The number of hydrogen-bond acceptors (Lipinski definition) is 4. The van der Waals surface area contributed by atoms with Gasteiger partial charge in [-0.05, 0) is 6.07 Å². The number of hydrogen-bond donors (Lipinski definition) is 1. The van der Waals surface area contributed by atoms with Crippen LogP contribution in [0.2, 0.25) is 0 Å². The Morgan fingerprint density at radius 1 is 1.73 bits per heavy atom. The Balaban J connectivity index is 2.64. The van der Waals surface area contributed by atoms with Crippen LogP contribution >= 0.6 is 0 Å². The van der Waals surface area contributed by atoms with Crippen LogP contribution in [0, 0.1) is 0 Å². The molecule has 0 aliphatic heterocycles. The van der Waals surface area contributed by atoms with Gasteiger partial charge in [0.05, 0.1) is 12.8 Å². The van der Waals surface area contributed by atoms with Crippen LogP contribution in [-0.4, -0.2) is 36.1 Å². The van der Waals surface area contributed by atoms with Crippen molar-refractivity contribution < 1.29 is 13.9 Å². The summed E-state index contributed by atoms with van der Waals surface area (Å²) in [5.74, 6) is -0.470. The molecule has 0 amide bonds. The Labute approximate surface area is 87.2 Å². The topological polar surface area (TPSA) is 56.1 Å². The van der Waals surface area contributed by atoms with Gasteiger partial charge in [0, 0.05) is 20.1 Å². The van der Waals surface area contributed by atoms with Gasteiger partial charge >= 0.3 is 5.97 Å². The molecule has 1 rings (SSSR count). The molecule has 6 heteroatoms. The van der Waals surface area contributed by atoms with Crippen LogP contribution in [0.3, 0.4) is 0 Å². The first-order valence-electron chi connectivity index (χ1n) is 4.57. The molecule has 0 bridgehead atoms. The molecule has 0 spiro atoms. The number of nitrogens with zero attached hydrogens (tertiary/aromatic N) is 2. The molecular weight excluding hydrogens is 201 g/mol. The lowest BCUT2D eigenvalue weighted by Gasteiger charge is -2.01. The first-order valence-corrected chi connectivity index (χ1v) is 4.57. The van der Waals surface area contributed by atoms with E-state index in [1.54, 1.807) is 17.8 Å². The van der Waals surface area contributed by atoms with Crippen LogP contribution in [-0.2, 0) is 18.3 Å². The summed E-state index contributed by atoms with van der Waals surface area (Å²) < 4.78 is 17.9. The molecule has 1 N–H and O–H groups in total. The zero-order valence-corrected chi connectivity index (χ0v) is 8.79. The standard InChI is InChI=1S/C9H14FN3O2/c1-13-7(6-11-4-3-10)5-8(12-13)9(14)15-2/h5,11H,3-4,6H2,1-2H3. The van der Waals surface area contributed by atoms with Crippen LogP contribution in [0.15, 0.2) is 6.07 Å². The lowest BCUT2D eigenvalue weighted by atomic mass is 10.3. The van der Waals surface area contributed by atoms with Crippen molar-refractivity contribution in [1.82, 2.24) is 15.1 Å². The van der Waals surface area contributed by atoms with E-state index in [4.69, 9.17) is 0 Å². The van der Waals surface area contributed by atoms with E-state index >= 15 is 0 Å². The maximum absolute atomic E-state index is 11.8. The van der Waals surface area contributed by atoms with Crippen LogP contribution < -0.4 is 5.32 Å². The lowest BCUT2D eigenvalue weighted by Crippen LogP contribution is -2.17. The van der Waals surface area contributed by atoms with E-state index in [0.29, 0.717) is 13.1 Å². The van der Waals surface area contributed by atoms with Gasteiger partial charge in [-0.3, -0.25) is 4.68 Å². The maximum Gasteiger partial charge on any atom is 0.358 e. The summed E-state index contributed by atoms with van der Waals surface area (Å²) in [7, 11) is 3.02. The van der Waals surface area contributed by atoms with Crippen LogP contribution in [0.4, 0.5) is 4.39 Å². The average molecular weight is 215 g/mol. The number of carbonyl (C=O) groups is 1. The van der Waals surface area contributed by atoms with Crippen molar-refractivity contribution in [3.8, 4) is 0 Å². The summed E-state index contributed by atoms with van der Waals surface area (Å²) in [6.45, 7) is 0.352. The number of aromatic nitrogens is 2. The molecule has 1 aromatic rings. The minimum atomic E-state index is -0.470. The van der Waals surface area contributed by atoms with Gasteiger partial charge in [0.1, 0.15) is 6.67 Å². The number of carbonyl (C=O) groups excluding carboxylic acids is 1. The first-order chi connectivity index (χ1) is 7.19. The van der Waals surface area contributed by atoms with Crippen LogP contribution in [0.5, 0.6) is 0 Å². The predicted octanol–water partition coefficient (Wildman–Crippen LogP) is 0.266. The van der Waals surface area contributed by atoms with Gasteiger partial charge in [-0.1, -0.05) is 0 Å². The molecule has 0 saturated carbocycles. The van der Waals surface area contributed by atoms with Gasteiger partial charge < -0.3 is 10.1 Å². The summed E-state index contributed by atoms with van der Waals surface area (Å²) in [5.41, 5.74) is 1.07. The molecule has 0 fully saturated rings. The highest BCUT2D eigenvalue weighted by molar-refractivity contribution is 5.87. The smallest absolute Gasteiger partial charge is 0.358 e. The molecule has 0 unspecified atom stereocenters. The highest BCUT2D eigenvalue weighted by atomic mass is 19.1. The number of nitrogens with one attached hydrogen (secondary N) is 1. The number of halogens is 1. The number of alkyl halides is 1. The summed E-state index contributed by atoms with van der Waals surface area (Å²) in [5, 5.41) is 6.84. The number of aryl methyl sites for hydroxylation is 1. The van der Waals surface area contributed by atoms with Gasteiger partial charge in [0.2, 0.25) is 0 Å². The lowest BCUT2D eigenvalue weighted by molar-refractivity contribution is 0.0593. The second-order valence-electron chi connectivity index (χ2n) is 3.00. The van der Waals surface area contributed by atoms with Gasteiger partial charge in [0.25, 0.3) is 0 Å². The minimum absolute atomic E-state index is 0.261. The number of methoxy groups -OCH3 is 1. The van der Waals surface area contributed by atoms with Gasteiger partial charge in [-0.25, -0.2) is 9.18 Å². The number of esters is 1. The highest BCUT2D eigenvalue weighted by Gasteiger charge is 2.12. The third-order valence-electron chi connectivity index (χ3n) is 1.95. The number of rotatable bonds is 5. The van der Waals surface area contributed by atoms with E-state index in [0.717, 1.165) is 5.69 Å². The van der Waals surface area contributed by atoms with Crippen LogP contribution in [0.25, 0.3) is 0 Å². The summed E-state index contributed by atoms with van der Waals surface area (Å²) in [6.07, 6.45) is 0. The molecule has 1 aromatic heterocycles. The van der Waals surface area contributed by atoms with E-state index in [-0.39, 0.29) is 5.69 Å². The van der Waals surface area contributed by atoms with Crippen LogP contribution in [0.1, 0.15) is 16.2 Å². The van der Waals surface area contributed by atoms with Crippen molar-refractivity contribution in [2.45, 2.75) is 6.54 Å². The zero-order chi connectivity index (χ0) is 11.3. The quantitative estimate of drug-likeness (QED) is 0.565. The molecule has 0 aliphatic rings. The van der Waals surface area contributed by atoms with Gasteiger partial charge in [-0.15, -0.1) is 0 Å². The van der Waals surface area contributed by atoms with E-state index in [1.807, 2.05) is 0 Å². The third-order valence-corrected chi connectivity index (χ3v) is 1.95. The summed E-state index contributed by atoms with van der Waals surface area (Å²) >= 11 is 0. The fraction of sp³-hybridized carbons (Fsp3) is 0.556. The first kappa shape index (κ1) is 11.6. The average Bonchev–Trinajstić information content (AvgIpc) is 2.60. The van der Waals surface area contributed by atoms with Crippen molar-refractivity contribution in [3.05, 3.63) is 17.5 Å². The van der Waals surface area contributed by atoms with Crippen molar-refractivity contribution in [3.63, 3.8) is 0 Å². The molecule has 1 heterocycles. The molecule has 5 nitrogen and oxygen atoms in total. The molecule has 0 aliphatic carbocycles. The Bertz CT molecular complexity index is 338. The molecule has 0 aromatic carbocycles. The fourth-order valence-electron chi connectivity index (χ4n) is 1.16. The van der Waals surface area contributed by atoms with Crippen molar-refractivity contribution in [2.24, 2.45) is 7.05 Å². The highest BCUT2D eigenvalue weighted by Crippen LogP contribution is 2.03. The van der Waals surface area contributed by atoms with E-state index in [2.05, 4.69) is 15.2 Å². The second-order valence-corrected chi connectivity index (χ2v) is 3.00. The fourth-order valence-corrected chi connectivity index (χ4v) is 1.16. The largest absolute Gasteiger partial charge is 0.464 e. The molecule has 15 heavy (non-hydrogen) atoms. The van der Waals surface area contributed by atoms with Crippen molar-refractivity contribution in [2.75, 3.05) is 20.3 Å². The zero-order valence-electron chi connectivity index (χ0n) is 8.79. The summed E-state index contributed by atoms with van der Waals surface area (Å²) in [4.78, 5) is 11.1. The Kier molecular flexibility index (Phi) is 4.23. The van der Waals surface area contributed by atoms with E-state index in [1.165, 1.54) is 7.11 Å². The molecule has 0 radical (unpaired) electrons. The van der Waals surface area contributed by atoms with E-state index in [9.17, 15) is 9.18 Å². The Morgan fingerprint density at radius 3 is 3.07 bits per heavy atom. The number of ether oxygens (including phenoxy) is 1. The molecular formula is C9H14FN3O2. The second kappa shape index (κ2) is 5.45. The Hall–Kier alpha value is -1.43. The molecule has 0 atom stereocenters. The molecule has 84 valence electrons. The normalized spacial score (nSPS) is 10.3. The minimum Gasteiger partial charge on any atom is -0.464 e. The van der Waals surface area contributed by atoms with Crippen molar-refractivity contribution >= 4 is 5.97 Å². The predicted molar refractivity (Wildman–Crippen MR) is 52.2 cm³/mol. The monoisotopic (exact) mass is 215 g/mol. The maximum atomic E-state index is 11.8. The van der Waals surface area contributed by atoms with Gasteiger partial charge in [0.15, 0.2) is 5.69 Å². The third kappa shape index (κ3) is 3.02. The SMILES string of the molecule is COC(=O)c1cc(CNCCF)n(C)n1. The van der Waals surface area contributed by atoms with E-state index < -0.39 is 12.6 Å². The molecule has 0 saturated heterocycles. The summed E-state index contributed by atoms with van der Waals surface area (Å²) in [6, 6.07) is 1.62.